The molecular formula is C47H32N2S. The van der Waals surface area contributed by atoms with Gasteiger partial charge in [0.2, 0.25) is 0 Å². The summed E-state index contributed by atoms with van der Waals surface area (Å²) in [6.45, 7) is 4.73. The number of fused-ring (bicyclic) bond motifs is 7. The maximum Gasteiger partial charge on any atom is 0.160 e. The zero-order valence-electron chi connectivity index (χ0n) is 27.8. The SMILES string of the molecule is CC1(C)c2ccccc2-c2cccc(-c3ccc(-c4cc(-c5ccc6c(c5)sc5ccccc56)nc(-c5ccccc5)n4)c4ccccc34)c21. The highest BCUT2D eigenvalue weighted by molar-refractivity contribution is 7.25. The van der Waals surface area contributed by atoms with Gasteiger partial charge in [-0.05, 0) is 62.4 Å². The fraction of sp³-hybridized carbons (Fsp3) is 0.0638. The molecule has 0 N–H and O–H groups in total. The van der Waals surface area contributed by atoms with Crippen LogP contribution in [0.1, 0.15) is 25.0 Å². The van der Waals surface area contributed by atoms with Crippen molar-refractivity contribution in [2.24, 2.45) is 0 Å². The smallest absolute Gasteiger partial charge is 0.160 e. The van der Waals surface area contributed by atoms with E-state index in [1.807, 2.05) is 17.4 Å². The molecule has 50 heavy (non-hydrogen) atoms. The summed E-state index contributed by atoms with van der Waals surface area (Å²) in [6.07, 6.45) is 0. The highest BCUT2D eigenvalue weighted by atomic mass is 32.1. The number of aromatic nitrogens is 2. The van der Waals surface area contributed by atoms with E-state index in [4.69, 9.17) is 9.97 Å². The van der Waals surface area contributed by atoms with E-state index in [1.165, 1.54) is 64.3 Å². The Kier molecular flexibility index (Phi) is 6.43. The van der Waals surface area contributed by atoms with Crippen molar-refractivity contribution in [3.63, 3.8) is 0 Å². The largest absolute Gasteiger partial charge is 0.228 e. The van der Waals surface area contributed by atoms with Crippen molar-refractivity contribution < 1.29 is 0 Å². The van der Waals surface area contributed by atoms with Crippen LogP contribution in [0, 0.1) is 0 Å². The summed E-state index contributed by atoms with van der Waals surface area (Å²) < 4.78 is 2.57. The first-order chi connectivity index (χ1) is 24.5. The van der Waals surface area contributed by atoms with Gasteiger partial charge in [0.05, 0.1) is 11.4 Å². The van der Waals surface area contributed by atoms with Crippen molar-refractivity contribution in [3.05, 3.63) is 169 Å². The normalized spacial score (nSPS) is 13.2. The van der Waals surface area contributed by atoms with E-state index in [-0.39, 0.29) is 5.41 Å². The minimum Gasteiger partial charge on any atom is -0.228 e. The van der Waals surface area contributed by atoms with Crippen LogP contribution >= 0.6 is 11.3 Å². The Balaban J connectivity index is 1.17. The van der Waals surface area contributed by atoms with Crippen LogP contribution in [-0.2, 0) is 5.41 Å². The van der Waals surface area contributed by atoms with Crippen molar-refractivity contribution in [1.29, 1.82) is 0 Å². The molecule has 0 atom stereocenters. The van der Waals surface area contributed by atoms with E-state index in [2.05, 4.69) is 166 Å². The van der Waals surface area contributed by atoms with Crippen LogP contribution < -0.4 is 0 Å². The second-order valence-electron chi connectivity index (χ2n) is 13.7. The van der Waals surface area contributed by atoms with Gasteiger partial charge in [-0.1, -0.05) is 153 Å². The Morgan fingerprint density at radius 2 is 1.04 bits per heavy atom. The molecule has 0 fully saturated rings. The lowest BCUT2D eigenvalue weighted by Gasteiger charge is -2.25. The summed E-state index contributed by atoms with van der Waals surface area (Å²) >= 11 is 1.83. The molecule has 0 aliphatic heterocycles. The summed E-state index contributed by atoms with van der Waals surface area (Å²) in [5.74, 6) is 0.725. The predicted molar refractivity (Wildman–Crippen MR) is 212 cm³/mol. The second-order valence-corrected chi connectivity index (χ2v) is 14.8. The van der Waals surface area contributed by atoms with Crippen molar-refractivity contribution in [2.45, 2.75) is 19.3 Å². The van der Waals surface area contributed by atoms with Crippen molar-refractivity contribution in [3.8, 4) is 56.2 Å². The minimum atomic E-state index is -0.107. The first-order valence-electron chi connectivity index (χ1n) is 17.2. The fourth-order valence-electron chi connectivity index (χ4n) is 8.16. The van der Waals surface area contributed by atoms with Crippen LogP contribution in [0.25, 0.3) is 87.1 Å². The molecule has 0 saturated carbocycles. The summed E-state index contributed by atoms with van der Waals surface area (Å²) in [6, 6.07) is 56.9. The highest BCUT2D eigenvalue weighted by Gasteiger charge is 2.37. The Labute approximate surface area is 295 Å². The van der Waals surface area contributed by atoms with Gasteiger partial charge < -0.3 is 0 Å². The van der Waals surface area contributed by atoms with Gasteiger partial charge in [0.25, 0.3) is 0 Å². The van der Waals surface area contributed by atoms with Crippen LogP contribution in [0.5, 0.6) is 0 Å². The molecule has 0 unspecified atom stereocenters. The number of hydrogen-bond donors (Lipinski definition) is 0. The van der Waals surface area contributed by atoms with Gasteiger partial charge >= 0.3 is 0 Å². The molecule has 2 nitrogen and oxygen atoms in total. The van der Waals surface area contributed by atoms with E-state index in [0.717, 1.165) is 33.9 Å². The van der Waals surface area contributed by atoms with E-state index in [0.29, 0.717) is 0 Å². The number of nitrogens with zero attached hydrogens (tertiary/aromatic N) is 2. The van der Waals surface area contributed by atoms with Crippen molar-refractivity contribution in [1.82, 2.24) is 9.97 Å². The molecule has 1 aliphatic rings. The highest BCUT2D eigenvalue weighted by Crippen LogP contribution is 2.53. The molecule has 2 heterocycles. The van der Waals surface area contributed by atoms with Crippen LogP contribution in [0.15, 0.2) is 158 Å². The lowest BCUT2D eigenvalue weighted by atomic mass is 9.78. The average Bonchev–Trinajstić information content (AvgIpc) is 3.66. The first kappa shape index (κ1) is 29.1. The van der Waals surface area contributed by atoms with Gasteiger partial charge in [0, 0.05) is 42.3 Å². The Bertz CT molecular complexity index is 2790. The van der Waals surface area contributed by atoms with E-state index < -0.39 is 0 Å². The minimum absolute atomic E-state index is 0.107. The number of benzene rings is 7. The lowest BCUT2D eigenvalue weighted by molar-refractivity contribution is 0.662. The summed E-state index contributed by atoms with van der Waals surface area (Å²) in [4.78, 5) is 10.4. The third-order valence-electron chi connectivity index (χ3n) is 10.5. The van der Waals surface area contributed by atoms with E-state index >= 15 is 0 Å². The van der Waals surface area contributed by atoms with Crippen LogP contribution in [0.2, 0.25) is 0 Å². The molecule has 0 radical (unpaired) electrons. The van der Waals surface area contributed by atoms with Crippen LogP contribution in [-0.4, -0.2) is 9.97 Å². The third kappa shape index (κ3) is 4.40. The molecule has 10 rings (SSSR count). The Hall–Kier alpha value is -5.90. The number of thiophene rings is 1. The van der Waals surface area contributed by atoms with Gasteiger partial charge in [-0.25, -0.2) is 9.97 Å². The number of hydrogen-bond acceptors (Lipinski definition) is 3. The molecular weight excluding hydrogens is 625 g/mol. The van der Waals surface area contributed by atoms with E-state index in [9.17, 15) is 0 Å². The lowest BCUT2D eigenvalue weighted by Crippen LogP contribution is -2.16. The monoisotopic (exact) mass is 656 g/mol. The topological polar surface area (TPSA) is 25.8 Å². The van der Waals surface area contributed by atoms with Gasteiger partial charge in [0.15, 0.2) is 5.82 Å². The van der Waals surface area contributed by atoms with Crippen LogP contribution in [0.3, 0.4) is 0 Å². The quantitative estimate of drug-likeness (QED) is 0.188. The fourth-order valence-corrected chi connectivity index (χ4v) is 9.31. The summed E-state index contributed by atoms with van der Waals surface area (Å²) in [7, 11) is 0. The molecule has 0 spiro atoms. The van der Waals surface area contributed by atoms with Gasteiger partial charge in [-0.15, -0.1) is 11.3 Å². The Morgan fingerprint density at radius 3 is 1.88 bits per heavy atom. The summed E-state index contributed by atoms with van der Waals surface area (Å²) in [5, 5.41) is 4.99. The Morgan fingerprint density at radius 1 is 0.420 bits per heavy atom. The molecule has 0 bridgehead atoms. The third-order valence-corrected chi connectivity index (χ3v) is 11.6. The maximum absolute atomic E-state index is 5.25. The molecule has 7 aromatic carbocycles. The second kappa shape index (κ2) is 11.1. The molecule has 236 valence electrons. The molecule has 3 heteroatoms. The first-order valence-corrected chi connectivity index (χ1v) is 18.0. The predicted octanol–water partition coefficient (Wildman–Crippen LogP) is 13.0. The van der Waals surface area contributed by atoms with Gasteiger partial charge in [0.1, 0.15) is 0 Å². The number of rotatable bonds is 4. The standard InChI is InChI=1S/C47H32N2S/c1-47(2)40-21-10-8-17-34(40)39-20-12-19-38(45(39)47)33-25-26-35(32-16-7-6-15-31(32)33)42-28-41(48-46(49-42)29-13-4-3-5-14-29)30-23-24-37-36-18-9-11-22-43(36)50-44(37)27-30/h3-28H,1-2H3. The van der Waals surface area contributed by atoms with E-state index in [1.54, 1.807) is 0 Å². The molecule has 0 saturated heterocycles. The van der Waals surface area contributed by atoms with Crippen LogP contribution in [0.4, 0.5) is 0 Å². The zero-order chi connectivity index (χ0) is 33.4. The van der Waals surface area contributed by atoms with Gasteiger partial charge in [-0.3, -0.25) is 0 Å². The summed E-state index contributed by atoms with van der Waals surface area (Å²) in [5.41, 5.74) is 12.9. The van der Waals surface area contributed by atoms with Crippen molar-refractivity contribution >= 4 is 42.3 Å². The van der Waals surface area contributed by atoms with Crippen molar-refractivity contribution in [2.75, 3.05) is 0 Å². The zero-order valence-corrected chi connectivity index (χ0v) is 28.6. The maximum atomic E-state index is 5.25. The molecule has 2 aromatic heterocycles. The molecule has 9 aromatic rings. The molecule has 0 amide bonds. The molecule has 1 aliphatic carbocycles. The average molecular weight is 657 g/mol. The van der Waals surface area contributed by atoms with Gasteiger partial charge in [-0.2, -0.15) is 0 Å².